The van der Waals surface area contributed by atoms with Gasteiger partial charge in [-0.15, -0.1) is 0 Å². The van der Waals surface area contributed by atoms with Crippen LogP contribution in [0.2, 0.25) is 0 Å². The number of rotatable bonds is 7. The van der Waals surface area contributed by atoms with Gasteiger partial charge in [0.2, 0.25) is 11.6 Å². The van der Waals surface area contributed by atoms with Crippen LogP contribution in [0, 0.1) is 6.92 Å². The first-order chi connectivity index (χ1) is 15.7. The number of benzene rings is 2. The number of aromatic nitrogens is 2. The minimum absolute atomic E-state index is 0.121. The standard InChI is InChI=1S/C23H19Br2F3N2O3/c1-3-31-20-12-18(17-10-13(2)33-22(17)23(26,27)28)29-30(20)8-9-32-19-7-4-14-11-15(24)5-6-16(14)21(19)25/h4-7,10-12H,3,8-9H2,1-2H3. The van der Waals surface area contributed by atoms with Crippen molar-refractivity contribution in [1.82, 2.24) is 9.78 Å². The summed E-state index contributed by atoms with van der Waals surface area (Å²) < 4.78 is 59.8. The predicted octanol–water partition coefficient (Wildman–Crippen LogP) is 7.63. The average molecular weight is 588 g/mol. The van der Waals surface area contributed by atoms with Gasteiger partial charge >= 0.3 is 6.18 Å². The van der Waals surface area contributed by atoms with Crippen LogP contribution in [0.25, 0.3) is 22.0 Å². The summed E-state index contributed by atoms with van der Waals surface area (Å²) in [6.45, 7) is 4.11. The topological polar surface area (TPSA) is 49.4 Å². The molecule has 2 heterocycles. The first-order valence-corrected chi connectivity index (χ1v) is 11.6. The Balaban J connectivity index is 1.56. The maximum atomic E-state index is 13.4. The largest absolute Gasteiger partial charge is 0.490 e. The SMILES string of the molecule is CCOc1cc(-c2cc(C)oc2C(F)(F)F)nn1CCOc1ccc2cc(Br)ccc2c1Br. The van der Waals surface area contributed by atoms with Gasteiger partial charge in [0.05, 0.1) is 23.2 Å². The van der Waals surface area contributed by atoms with Crippen molar-refractivity contribution in [2.45, 2.75) is 26.6 Å². The fourth-order valence-electron chi connectivity index (χ4n) is 3.47. The van der Waals surface area contributed by atoms with Gasteiger partial charge in [-0.2, -0.15) is 18.3 Å². The number of ether oxygens (including phenoxy) is 2. The number of hydrogen-bond donors (Lipinski definition) is 0. The van der Waals surface area contributed by atoms with E-state index in [1.807, 2.05) is 30.3 Å². The fraction of sp³-hybridized carbons (Fsp3) is 0.261. The highest BCUT2D eigenvalue weighted by molar-refractivity contribution is 9.11. The number of furan rings is 1. The van der Waals surface area contributed by atoms with Crippen molar-refractivity contribution in [3.8, 4) is 22.9 Å². The van der Waals surface area contributed by atoms with Crippen molar-refractivity contribution in [1.29, 1.82) is 0 Å². The molecule has 33 heavy (non-hydrogen) atoms. The third-order valence-corrected chi connectivity index (χ3v) is 6.18. The van der Waals surface area contributed by atoms with Gasteiger partial charge in [-0.05, 0) is 64.8 Å². The lowest BCUT2D eigenvalue weighted by Crippen LogP contribution is -2.12. The lowest BCUT2D eigenvalue weighted by atomic mass is 10.1. The lowest BCUT2D eigenvalue weighted by molar-refractivity contribution is -0.152. The minimum Gasteiger partial charge on any atom is -0.490 e. The lowest BCUT2D eigenvalue weighted by Gasteiger charge is -2.12. The van der Waals surface area contributed by atoms with E-state index in [2.05, 4.69) is 37.0 Å². The Bertz CT molecular complexity index is 1300. The molecule has 0 fully saturated rings. The molecular weight excluding hydrogens is 569 g/mol. The summed E-state index contributed by atoms with van der Waals surface area (Å²) in [6, 6.07) is 12.6. The zero-order valence-corrected chi connectivity index (χ0v) is 20.8. The first kappa shape index (κ1) is 23.7. The quantitative estimate of drug-likeness (QED) is 0.223. The summed E-state index contributed by atoms with van der Waals surface area (Å²) in [4.78, 5) is 0. The highest BCUT2D eigenvalue weighted by Gasteiger charge is 2.39. The number of alkyl halides is 3. The zero-order chi connectivity index (χ0) is 23.8. The van der Waals surface area contributed by atoms with E-state index in [1.54, 1.807) is 6.92 Å². The van der Waals surface area contributed by atoms with E-state index in [0.717, 1.165) is 19.7 Å². The molecule has 2 aromatic carbocycles. The number of fused-ring (bicyclic) bond motifs is 1. The Morgan fingerprint density at radius 1 is 1.06 bits per heavy atom. The monoisotopic (exact) mass is 586 g/mol. The van der Waals surface area contributed by atoms with E-state index in [4.69, 9.17) is 13.9 Å². The van der Waals surface area contributed by atoms with Gasteiger partial charge in [-0.1, -0.05) is 28.1 Å². The normalized spacial score (nSPS) is 11.8. The highest BCUT2D eigenvalue weighted by Crippen LogP contribution is 2.40. The van der Waals surface area contributed by atoms with Gasteiger partial charge in [0.15, 0.2) is 0 Å². The summed E-state index contributed by atoms with van der Waals surface area (Å²) in [5.74, 6) is 0.0857. The summed E-state index contributed by atoms with van der Waals surface area (Å²) in [7, 11) is 0. The third-order valence-electron chi connectivity index (χ3n) is 4.87. The van der Waals surface area contributed by atoms with E-state index in [-0.39, 0.29) is 30.2 Å². The molecule has 4 aromatic rings. The molecule has 0 aliphatic rings. The molecule has 0 N–H and O–H groups in total. The molecule has 2 aromatic heterocycles. The summed E-state index contributed by atoms with van der Waals surface area (Å²) in [5.41, 5.74) is 0.00384. The molecule has 0 aliphatic heterocycles. The second kappa shape index (κ2) is 9.42. The Kier molecular flexibility index (Phi) is 6.76. The molecule has 0 spiro atoms. The van der Waals surface area contributed by atoms with E-state index < -0.39 is 11.9 Å². The molecule has 5 nitrogen and oxygen atoms in total. The van der Waals surface area contributed by atoms with Crippen molar-refractivity contribution in [2.75, 3.05) is 13.2 Å². The molecule has 4 rings (SSSR count). The van der Waals surface area contributed by atoms with Crippen LogP contribution >= 0.6 is 31.9 Å². The van der Waals surface area contributed by atoms with Gasteiger partial charge in [0.1, 0.15) is 23.8 Å². The number of hydrogen-bond acceptors (Lipinski definition) is 4. The molecular formula is C23H19Br2F3N2O3. The van der Waals surface area contributed by atoms with Crippen LogP contribution in [0.1, 0.15) is 18.4 Å². The molecule has 0 saturated heterocycles. The van der Waals surface area contributed by atoms with Crippen LogP contribution in [0.15, 0.2) is 55.8 Å². The van der Waals surface area contributed by atoms with Gasteiger partial charge in [0.25, 0.3) is 0 Å². The predicted molar refractivity (Wildman–Crippen MR) is 126 cm³/mol. The summed E-state index contributed by atoms with van der Waals surface area (Å²) in [5, 5.41) is 6.39. The molecule has 10 heteroatoms. The minimum atomic E-state index is -4.62. The smallest absolute Gasteiger partial charge is 0.450 e. The third kappa shape index (κ3) is 5.06. The highest BCUT2D eigenvalue weighted by atomic mass is 79.9. The van der Waals surface area contributed by atoms with E-state index in [1.165, 1.54) is 23.7 Å². The molecule has 0 radical (unpaired) electrons. The molecule has 174 valence electrons. The van der Waals surface area contributed by atoms with Crippen LogP contribution < -0.4 is 9.47 Å². The molecule has 0 saturated carbocycles. The maximum Gasteiger partial charge on any atom is 0.450 e. The van der Waals surface area contributed by atoms with Gasteiger partial charge in [-0.25, -0.2) is 4.68 Å². The maximum absolute atomic E-state index is 13.4. The molecule has 0 aliphatic carbocycles. The number of nitrogens with zero attached hydrogens (tertiary/aromatic N) is 2. The Morgan fingerprint density at radius 2 is 1.85 bits per heavy atom. The van der Waals surface area contributed by atoms with Crippen LogP contribution in [0.3, 0.4) is 0 Å². The first-order valence-electron chi connectivity index (χ1n) is 10.1. The van der Waals surface area contributed by atoms with Crippen molar-refractivity contribution in [2.24, 2.45) is 0 Å². The van der Waals surface area contributed by atoms with Crippen LogP contribution in [-0.2, 0) is 12.7 Å². The number of aryl methyl sites for hydroxylation is 1. The fourth-order valence-corrected chi connectivity index (χ4v) is 4.45. The Labute approximate surface area is 204 Å². The van der Waals surface area contributed by atoms with E-state index in [9.17, 15) is 13.2 Å². The van der Waals surface area contributed by atoms with Crippen LogP contribution in [0.4, 0.5) is 13.2 Å². The van der Waals surface area contributed by atoms with Crippen molar-refractivity contribution < 1.29 is 27.1 Å². The van der Waals surface area contributed by atoms with Crippen molar-refractivity contribution >= 4 is 42.6 Å². The van der Waals surface area contributed by atoms with Gasteiger partial charge in [0, 0.05) is 10.5 Å². The van der Waals surface area contributed by atoms with Crippen LogP contribution in [-0.4, -0.2) is 23.0 Å². The second-order valence-electron chi connectivity index (χ2n) is 7.21. The summed E-state index contributed by atoms with van der Waals surface area (Å²) in [6.07, 6.45) is -4.62. The van der Waals surface area contributed by atoms with Crippen molar-refractivity contribution in [3.05, 3.63) is 62.9 Å². The van der Waals surface area contributed by atoms with E-state index in [0.29, 0.717) is 18.2 Å². The van der Waals surface area contributed by atoms with E-state index >= 15 is 0 Å². The van der Waals surface area contributed by atoms with Crippen molar-refractivity contribution in [3.63, 3.8) is 0 Å². The van der Waals surface area contributed by atoms with Gasteiger partial charge < -0.3 is 13.9 Å². The Hall–Kier alpha value is -2.46. The average Bonchev–Trinajstić information content (AvgIpc) is 3.33. The summed E-state index contributed by atoms with van der Waals surface area (Å²) >= 11 is 7.05. The molecule has 0 amide bonds. The Morgan fingerprint density at radius 3 is 2.58 bits per heavy atom. The zero-order valence-electron chi connectivity index (χ0n) is 17.7. The van der Waals surface area contributed by atoms with Crippen LogP contribution in [0.5, 0.6) is 11.6 Å². The molecule has 0 atom stereocenters. The number of halogens is 5. The van der Waals surface area contributed by atoms with Gasteiger partial charge in [-0.3, -0.25) is 0 Å². The second-order valence-corrected chi connectivity index (χ2v) is 8.92. The molecule has 0 bridgehead atoms. The molecule has 0 unspecified atom stereocenters.